The van der Waals surface area contributed by atoms with E-state index in [0.717, 1.165) is 12.5 Å². The quantitative estimate of drug-likeness (QED) is 0.456. The maximum absolute atomic E-state index is 10.2. The van der Waals surface area contributed by atoms with Crippen molar-refractivity contribution in [1.82, 2.24) is 10.2 Å². The zero-order chi connectivity index (χ0) is 11.6. The van der Waals surface area contributed by atoms with E-state index in [1.54, 1.807) is 14.1 Å². The number of rotatable bonds is 4. The van der Waals surface area contributed by atoms with Crippen LogP contribution in [0.3, 0.4) is 0 Å². The van der Waals surface area contributed by atoms with Crippen LogP contribution in [0.4, 0.5) is 0 Å². The zero-order valence-corrected chi connectivity index (χ0v) is 8.19. The Labute approximate surface area is 82.2 Å². The van der Waals surface area contributed by atoms with Crippen LogP contribution in [-0.2, 0) is 14.4 Å². The van der Waals surface area contributed by atoms with Gasteiger partial charge in [-0.2, -0.15) is 0 Å². The minimum absolute atomic E-state index is 0.356. The largest absolute Gasteiger partial charge is 0.480 e. The number of aliphatic carboxylic acids is 1. The fourth-order valence-electron chi connectivity index (χ4n) is 0.235. The molecule has 14 heavy (non-hydrogen) atoms. The summed E-state index contributed by atoms with van der Waals surface area (Å²) in [6, 6.07) is 0. The molecule has 0 fully saturated rings. The molecule has 0 aromatic heterocycles. The lowest BCUT2D eigenvalue weighted by atomic mass is 10.5. The molecule has 0 aliphatic carbocycles. The minimum atomic E-state index is -1.06. The maximum atomic E-state index is 10.2. The van der Waals surface area contributed by atoms with Gasteiger partial charge in [0.1, 0.15) is 6.54 Å². The Bertz CT molecular complexity index is 213. The van der Waals surface area contributed by atoms with Crippen molar-refractivity contribution >= 4 is 18.3 Å². The zero-order valence-electron chi connectivity index (χ0n) is 8.19. The van der Waals surface area contributed by atoms with Gasteiger partial charge in [-0.3, -0.25) is 14.4 Å². The summed E-state index contributed by atoms with van der Waals surface area (Å²) in [5.74, 6) is -1.54. The molecule has 2 N–H and O–H groups in total. The third-order valence-corrected chi connectivity index (χ3v) is 0.810. The summed E-state index contributed by atoms with van der Waals surface area (Å²) in [5.41, 5.74) is 0. The van der Waals surface area contributed by atoms with Crippen molar-refractivity contribution in [2.24, 2.45) is 0 Å². The number of nitrogens with zero attached hydrogens (tertiary/aromatic N) is 1. The number of hydrogen-bond donors (Lipinski definition) is 2. The molecule has 0 saturated heterocycles. The van der Waals surface area contributed by atoms with Crippen LogP contribution in [0, 0.1) is 0 Å². The first-order valence-electron chi connectivity index (χ1n) is 3.67. The average molecular weight is 202 g/mol. The second-order valence-corrected chi connectivity index (χ2v) is 2.38. The number of carboxylic acids is 1. The summed E-state index contributed by atoms with van der Waals surface area (Å²) < 4.78 is 0. The van der Waals surface area contributed by atoms with Crippen LogP contribution in [0.15, 0.2) is 12.7 Å². The molecule has 6 nitrogen and oxygen atoms in total. The summed E-state index contributed by atoms with van der Waals surface area (Å²) in [4.78, 5) is 30.9. The van der Waals surface area contributed by atoms with Crippen molar-refractivity contribution in [3.63, 3.8) is 0 Å². The van der Waals surface area contributed by atoms with Gasteiger partial charge in [0.2, 0.25) is 12.3 Å². The predicted octanol–water partition coefficient (Wildman–Crippen LogP) is -0.922. The summed E-state index contributed by atoms with van der Waals surface area (Å²) in [6.07, 6.45) is 1.77. The SMILES string of the molecule is C=CC(=O)NCC(=O)O.CN(C)C=O. The molecule has 0 aliphatic heterocycles. The number of carboxylic acid groups (broad SMARTS) is 1. The number of amides is 2. The smallest absolute Gasteiger partial charge is 0.322 e. The van der Waals surface area contributed by atoms with Crippen LogP contribution in [0.5, 0.6) is 0 Å². The Kier molecular flexibility index (Phi) is 9.68. The van der Waals surface area contributed by atoms with E-state index >= 15 is 0 Å². The highest BCUT2D eigenvalue weighted by Gasteiger charge is 1.96. The van der Waals surface area contributed by atoms with E-state index < -0.39 is 11.9 Å². The van der Waals surface area contributed by atoms with Crippen LogP contribution >= 0.6 is 0 Å². The number of carbonyl (C=O) groups is 3. The first-order chi connectivity index (χ1) is 6.43. The molecular weight excluding hydrogens is 188 g/mol. The second-order valence-electron chi connectivity index (χ2n) is 2.38. The van der Waals surface area contributed by atoms with E-state index in [1.165, 1.54) is 4.90 Å². The van der Waals surface area contributed by atoms with Crippen LogP contribution in [0.1, 0.15) is 0 Å². The molecule has 0 spiro atoms. The summed E-state index contributed by atoms with van der Waals surface area (Å²) in [5, 5.41) is 10.1. The fourth-order valence-corrected chi connectivity index (χ4v) is 0.235. The van der Waals surface area contributed by atoms with Gasteiger partial charge in [0, 0.05) is 14.1 Å². The highest BCUT2D eigenvalue weighted by molar-refractivity contribution is 5.89. The van der Waals surface area contributed by atoms with Crippen LogP contribution in [0.2, 0.25) is 0 Å². The molecule has 0 heterocycles. The van der Waals surface area contributed by atoms with E-state index in [0.29, 0.717) is 0 Å². The van der Waals surface area contributed by atoms with Crippen molar-refractivity contribution in [1.29, 1.82) is 0 Å². The van der Waals surface area contributed by atoms with E-state index in [4.69, 9.17) is 5.11 Å². The molecule has 0 rings (SSSR count). The monoisotopic (exact) mass is 202 g/mol. The van der Waals surface area contributed by atoms with Crippen LogP contribution < -0.4 is 5.32 Å². The third kappa shape index (κ3) is 16.6. The maximum Gasteiger partial charge on any atom is 0.322 e. The van der Waals surface area contributed by atoms with E-state index in [9.17, 15) is 14.4 Å². The first-order valence-corrected chi connectivity index (χ1v) is 3.67. The van der Waals surface area contributed by atoms with Crippen molar-refractivity contribution < 1.29 is 19.5 Å². The number of nitrogens with one attached hydrogen (secondary N) is 1. The van der Waals surface area contributed by atoms with Crippen molar-refractivity contribution in [2.45, 2.75) is 0 Å². The molecule has 0 unspecified atom stereocenters. The van der Waals surface area contributed by atoms with E-state index in [1.807, 2.05) is 0 Å². The van der Waals surface area contributed by atoms with Crippen LogP contribution in [0.25, 0.3) is 0 Å². The van der Waals surface area contributed by atoms with Crippen molar-refractivity contribution in [3.05, 3.63) is 12.7 Å². The Morgan fingerprint density at radius 3 is 2.14 bits per heavy atom. The molecule has 0 saturated carbocycles. The number of carbonyl (C=O) groups excluding carboxylic acids is 2. The Hall–Kier alpha value is -1.85. The van der Waals surface area contributed by atoms with Gasteiger partial charge >= 0.3 is 5.97 Å². The van der Waals surface area contributed by atoms with Gasteiger partial charge in [-0.25, -0.2) is 0 Å². The summed E-state index contributed by atoms with van der Waals surface area (Å²) in [6.45, 7) is 2.78. The Balaban J connectivity index is 0. The standard InChI is InChI=1S/C5H7NO3.C3H7NO/c1-2-4(7)6-3-5(8)9;1-4(2)3-5/h2H,1,3H2,(H,6,7)(H,8,9);3H,1-2H3. The molecule has 6 heteroatoms. The highest BCUT2D eigenvalue weighted by atomic mass is 16.4. The molecule has 2 amide bonds. The van der Waals surface area contributed by atoms with Gasteiger partial charge in [0.05, 0.1) is 0 Å². The lowest BCUT2D eigenvalue weighted by Gasteiger charge is -1.93. The molecule has 0 aromatic rings. The number of hydrogen-bond acceptors (Lipinski definition) is 3. The van der Waals surface area contributed by atoms with Gasteiger partial charge in [0.15, 0.2) is 0 Å². The van der Waals surface area contributed by atoms with Crippen molar-refractivity contribution in [3.8, 4) is 0 Å². The molecular formula is C8H14N2O4. The molecule has 0 radical (unpaired) electrons. The Morgan fingerprint density at radius 1 is 1.50 bits per heavy atom. The molecule has 0 atom stereocenters. The second kappa shape index (κ2) is 9.24. The molecule has 80 valence electrons. The fraction of sp³-hybridized carbons (Fsp3) is 0.375. The Morgan fingerprint density at radius 2 is 1.93 bits per heavy atom. The summed E-state index contributed by atoms with van der Waals surface area (Å²) in [7, 11) is 3.38. The van der Waals surface area contributed by atoms with Gasteiger partial charge in [-0.05, 0) is 6.08 Å². The first kappa shape index (κ1) is 14.7. The van der Waals surface area contributed by atoms with Crippen LogP contribution in [-0.4, -0.2) is 48.9 Å². The van der Waals surface area contributed by atoms with E-state index in [2.05, 4.69) is 11.9 Å². The van der Waals surface area contributed by atoms with E-state index in [-0.39, 0.29) is 6.54 Å². The van der Waals surface area contributed by atoms with Gasteiger partial charge in [-0.1, -0.05) is 6.58 Å². The van der Waals surface area contributed by atoms with Gasteiger partial charge < -0.3 is 15.3 Å². The molecule has 0 aliphatic rings. The minimum Gasteiger partial charge on any atom is -0.480 e. The third-order valence-electron chi connectivity index (χ3n) is 0.810. The lowest BCUT2D eigenvalue weighted by Crippen LogP contribution is -2.27. The predicted molar refractivity (Wildman–Crippen MR) is 50.6 cm³/mol. The average Bonchev–Trinajstić information content (AvgIpc) is 2.14. The molecule has 0 aromatic carbocycles. The van der Waals surface area contributed by atoms with Gasteiger partial charge in [-0.15, -0.1) is 0 Å². The topological polar surface area (TPSA) is 86.7 Å². The lowest BCUT2D eigenvalue weighted by molar-refractivity contribution is -0.137. The normalized spacial score (nSPS) is 7.57. The van der Waals surface area contributed by atoms with Gasteiger partial charge in [0.25, 0.3) is 0 Å². The van der Waals surface area contributed by atoms with Crippen molar-refractivity contribution in [2.75, 3.05) is 20.6 Å². The highest BCUT2D eigenvalue weighted by Crippen LogP contribution is 1.65. The molecule has 0 bridgehead atoms. The summed E-state index contributed by atoms with van der Waals surface area (Å²) >= 11 is 0.